The van der Waals surface area contributed by atoms with Crippen molar-refractivity contribution < 1.29 is 14.6 Å². The van der Waals surface area contributed by atoms with Gasteiger partial charge in [-0.1, -0.05) is 13.8 Å². The van der Waals surface area contributed by atoms with E-state index in [-0.39, 0.29) is 11.6 Å². The van der Waals surface area contributed by atoms with E-state index in [0.717, 1.165) is 0 Å². The van der Waals surface area contributed by atoms with Gasteiger partial charge in [0.25, 0.3) is 0 Å². The van der Waals surface area contributed by atoms with Gasteiger partial charge in [0, 0.05) is 19.6 Å². The zero-order valence-corrected chi connectivity index (χ0v) is 13.1. The summed E-state index contributed by atoms with van der Waals surface area (Å²) in [5, 5.41) is 9.19. The molecule has 0 bridgehead atoms. The van der Waals surface area contributed by atoms with Gasteiger partial charge in [0.15, 0.2) is 0 Å². The number of amides is 1. The molecule has 0 saturated carbocycles. The number of rotatable bonds is 1. The molecule has 2 saturated heterocycles. The summed E-state index contributed by atoms with van der Waals surface area (Å²) in [6.07, 6.45) is 4.72. The van der Waals surface area contributed by atoms with E-state index in [1.165, 1.54) is 50.8 Å². The summed E-state index contributed by atoms with van der Waals surface area (Å²) in [4.78, 5) is 14.0. The molecular formula is C14H30N2O3. The molecule has 0 spiro atoms. The van der Waals surface area contributed by atoms with Crippen LogP contribution >= 0.6 is 0 Å². The van der Waals surface area contributed by atoms with Gasteiger partial charge >= 0.3 is 6.09 Å². The topological polar surface area (TPSA) is 53.0 Å². The maximum absolute atomic E-state index is 10.2. The van der Waals surface area contributed by atoms with E-state index >= 15 is 0 Å². The van der Waals surface area contributed by atoms with Crippen molar-refractivity contribution in [3.8, 4) is 0 Å². The molecule has 19 heavy (non-hydrogen) atoms. The number of ether oxygens (including phenoxy) is 1. The van der Waals surface area contributed by atoms with E-state index in [4.69, 9.17) is 0 Å². The molecule has 0 unspecified atom stereocenters. The van der Waals surface area contributed by atoms with Crippen LogP contribution in [-0.4, -0.2) is 67.4 Å². The lowest BCUT2D eigenvalue weighted by Gasteiger charge is -2.29. The molecule has 0 aromatic rings. The lowest BCUT2D eigenvalue weighted by molar-refractivity contribution is 0.0999. The number of aliphatic hydroxyl groups excluding tert-OH is 1. The average molecular weight is 274 g/mol. The van der Waals surface area contributed by atoms with Crippen LogP contribution in [0, 0.1) is 0 Å². The van der Waals surface area contributed by atoms with E-state index in [0.29, 0.717) is 6.61 Å². The Morgan fingerprint density at radius 2 is 1.74 bits per heavy atom. The number of aliphatic hydroxyl groups is 1. The Bertz CT molecular complexity index is 247. The van der Waals surface area contributed by atoms with Gasteiger partial charge in [-0.05, 0) is 38.8 Å². The third-order valence-electron chi connectivity index (χ3n) is 3.65. The largest absolute Gasteiger partial charge is 0.453 e. The summed E-state index contributed by atoms with van der Waals surface area (Å²) in [7, 11) is 4.61. The van der Waals surface area contributed by atoms with Crippen LogP contribution in [-0.2, 0) is 4.74 Å². The zero-order chi connectivity index (χ0) is 14.9. The summed E-state index contributed by atoms with van der Waals surface area (Å²) in [5.74, 6) is 0. The van der Waals surface area contributed by atoms with Crippen LogP contribution in [0.5, 0.6) is 0 Å². The number of methoxy groups -OCH3 is 1. The second-order valence-electron chi connectivity index (χ2n) is 4.94. The fourth-order valence-corrected chi connectivity index (χ4v) is 2.67. The predicted octanol–water partition coefficient (Wildman–Crippen LogP) is 1.95. The monoisotopic (exact) mass is 274 g/mol. The minimum Gasteiger partial charge on any atom is -0.453 e. The first-order valence-electron chi connectivity index (χ1n) is 7.17. The Hall–Kier alpha value is -0.810. The smallest absolute Gasteiger partial charge is 0.408 e. The summed E-state index contributed by atoms with van der Waals surface area (Å²) in [5.41, 5.74) is 0.236. The molecule has 114 valence electrons. The van der Waals surface area contributed by atoms with Crippen molar-refractivity contribution in [1.29, 1.82) is 0 Å². The van der Waals surface area contributed by atoms with Crippen molar-refractivity contribution in [2.24, 2.45) is 0 Å². The molecule has 5 nitrogen and oxygen atoms in total. The summed E-state index contributed by atoms with van der Waals surface area (Å²) in [6, 6.07) is 0. The SMILES string of the molecule is CC.COC(=O)N(C)C.OCC12CCCN1CCC2. The summed E-state index contributed by atoms with van der Waals surface area (Å²) < 4.78 is 4.30. The summed E-state index contributed by atoms with van der Waals surface area (Å²) >= 11 is 0. The number of hydrogen-bond donors (Lipinski definition) is 1. The van der Waals surface area contributed by atoms with Gasteiger partial charge in [-0.15, -0.1) is 0 Å². The van der Waals surface area contributed by atoms with E-state index in [1.54, 1.807) is 14.1 Å². The Kier molecular flexibility index (Phi) is 8.76. The normalized spacial score (nSPS) is 19.5. The first kappa shape index (κ1) is 18.2. The Balaban J connectivity index is 0.000000321. The maximum atomic E-state index is 10.2. The van der Waals surface area contributed by atoms with Crippen molar-refractivity contribution in [2.45, 2.75) is 45.1 Å². The zero-order valence-electron chi connectivity index (χ0n) is 13.1. The molecule has 1 amide bonds. The quantitative estimate of drug-likeness (QED) is 0.794. The van der Waals surface area contributed by atoms with Gasteiger partial charge in [-0.25, -0.2) is 4.79 Å². The van der Waals surface area contributed by atoms with Gasteiger partial charge in [-0.2, -0.15) is 0 Å². The van der Waals surface area contributed by atoms with Crippen LogP contribution in [0.15, 0.2) is 0 Å². The Morgan fingerprint density at radius 3 is 1.95 bits per heavy atom. The average Bonchev–Trinajstić information content (AvgIpc) is 3.00. The molecule has 5 heteroatoms. The number of carbonyl (C=O) groups is 1. The molecule has 2 rings (SSSR count). The molecule has 0 atom stereocenters. The second-order valence-corrected chi connectivity index (χ2v) is 4.94. The minimum atomic E-state index is -0.319. The molecule has 0 aromatic heterocycles. The molecular weight excluding hydrogens is 244 g/mol. The van der Waals surface area contributed by atoms with E-state index < -0.39 is 0 Å². The van der Waals surface area contributed by atoms with Gasteiger partial charge in [0.1, 0.15) is 0 Å². The lowest BCUT2D eigenvalue weighted by Crippen LogP contribution is -2.41. The third-order valence-corrected chi connectivity index (χ3v) is 3.65. The fourth-order valence-electron chi connectivity index (χ4n) is 2.67. The molecule has 0 aliphatic carbocycles. The van der Waals surface area contributed by atoms with Crippen molar-refractivity contribution >= 4 is 6.09 Å². The number of nitrogens with zero attached hydrogens (tertiary/aromatic N) is 2. The fraction of sp³-hybridized carbons (Fsp3) is 0.929. The van der Waals surface area contributed by atoms with E-state index in [9.17, 15) is 9.90 Å². The van der Waals surface area contributed by atoms with Crippen molar-refractivity contribution in [3.63, 3.8) is 0 Å². The molecule has 2 aliphatic rings. The molecule has 2 fully saturated rings. The van der Waals surface area contributed by atoms with Gasteiger partial charge in [-0.3, -0.25) is 4.90 Å². The lowest BCUT2D eigenvalue weighted by atomic mass is 9.96. The first-order chi connectivity index (χ1) is 9.05. The van der Waals surface area contributed by atoms with Crippen molar-refractivity contribution in [2.75, 3.05) is 40.9 Å². The molecule has 0 aromatic carbocycles. The van der Waals surface area contributed by atoms with Crippen molar-refractivity contribution in [3.05, 3.63) is 0 Å². The van der Waals surface area contributed by atoms with Crippen LogP contribution in [0.3, 0.4) is 0 Å². The number of fused-ring (bicyclic) bond motifs is 1. The standard InChI is InChI=1S/C8H15NO.C4H9NO2.C2H6/c10-7-8-3-1-5-9(8)6-2-4-8;1-5(2)4(6)7-3;1-2/h10H,1-7H2;1-3H3;1-2H3. The van der Waals surface area contributed by atoms with Crippen LogP contribution in [0.2, 0.25) is 0 Å². The molecule has 0 radical (unpaired) electrons. The van der Waals surface area contributed by atoms with Crippen LogP contribution in [0.25, 0.3) is 0 Å². The van der Waals surface area contributed by atoms with E-state index in [1.807, 2.05) is 13.8 Å². The van der Waals surface area contributed by atoms with Crippen LogP contribution in [0.4, 0.5) is 4.79 Å². The molecule has 2 aliphatic heterocycles. The van der Waals surface area contributed by atoms with Gasteiger partial charge in [0.2, 0.25) is 0 Å². The Morgan fingerprint density at radius 1 is 1.26 bits per heavy atom. The highest BCUT2D eigenvalue weighted by Gasteiger charge is 2.43. The number of hydrogen-bond acceptors (Lipinski definition) is 4. The number of carbonyl (C=O) groups excluding carboxylic acids is 1. The van der Waals surface area contributed by atoms with Gasteiger partial charge in [0.05, 0.1) is 13.7 Å². The highest BCUT2D eigenvalue weighted by Crippen LogP contribution is 2.37. The summed E-state index contributed by atoms with van der Waals surface area (Å²) in [6.45, 7) is 6.83. The van der Waals surface area contributed by atoms with Crippen molar-refractivity contribution in [1.82, 2.24) is 9.80 Å². The first-order valence-corrected chi connectivity index (χ1v) is 7.17. The second kappa shape index (κ2) is 9.15. The Labute approximate surface area is 117 Å². The minimum absolute atomic E-state index is 0.236. The van der Waals surface area contributed by atoms with Crippen LogP contribution in [0.1, 0.15) is 39.5 Å². The highest BCUT2D eigenvalue weighted by atomic mass is 16.5. The highest BCUT2D eigenvalue weighted by molar-refractivity contribution is 5.66. The predicted molar refractivity (Wildman–Crippen MR) is 77.3 cm³/mol. The van der Waals surface area contributed by atoms with Crippen LogP contribution < -0.4 is 0 Å². The molecule has 1 N–H and O–H groups in total. The third kappa shape index (κ3) is 4.99. The maximum Gasteiger partial charge on any atom is 0.408 e. The van der Waals surface area contributed by atoms with E-state index in [2.05, 4.69) is 9.64 Å². The molecule has 2 heterocycles. The van der Waals surface area contributed by atoms with Gasteiger partial charge < -0.3 is 14.7 Å².